The van der Waals surface area contributed by atoms with Gasteiger partial charge in [-0.05, 0) is 24.3 Å². The van der Waals surface area contributed by atoms with Crippen LogP contribution in [0.3, 0.4) is 0 Å². The van der Waals surface area contributed by atoms with E-state index in [0.29, 0.717) is 0 Å². The van der Waals surface area contributed by atoms with Crippen molar-refractivity contribution in [3.8, 4) is 6.07 Å². The molecule has 0 fully saturated rings. The van der Waals surface area contributed by atoms with Gasteiger partial charge in [-0.2, -0.15) is 5.26 Å². The molecule has 0 radical (unpaired) electrons. The van der Waals surface area contributed by atoms with E-state index in [0.717, 1.165) is 24.3 Å². The van der Waals surface area contributed by atoms with Gasteiger partial charge in [0.1, 0.15) is 29.1 Å². The molecule has 1 N–H and O–H groups in total. The normalized spacial score (nSPS) is 9.89. The maximum Gasteiger partial charge on any atom is 0.146 e. The topological polar surface area (TPSA) is 35.8 Å². The van der Waals surface area contributed by atoms with Crippen molar-refractivity contribution in [2.24, 2.45) is 0 Å². The lowest BCUT2D eigenvalue weighted by atomic mass is 10.1. The van der Waals surface area contributed by atoms with Crippen molar-refractivity contribution in [1.29, 1.82) is 5.26 Å². The standard InChI is InChI=1S/C13H7F3N2/c14-8-4-5-11(16)13(6-8)18-12-3-1-2-10(15)9(12)7-17/h1-6,18H. The number of nitrogens with one attached hydrogen (secondary N) is 1. The lowest BCUT2D eigenvalue weighted by molar-refractivity contribution is 0.603. The molecule has 2 rings (SSSR count). The molecule has 18 heavy (non-hydrogen) atoms. The summed E-state index contributed by atoms with van der Waals surface area (Å²) >= 11 is 0. The summed E-state index contributed by atoms with van der Waals surface area (Å²) in [6.45, 7) is 0. The van der Waals surface area contributed by atoms with E-state index < -0.39 is 17.5 Å². The van der Waals surface area contributed by atoms with Crippen LogP contribution in [0.25, 0.3) is 0 Å². The Morgan fingerprint density at radius 3 is 2.44 bits per heavy atom. The number of benzene rings is 2. The van der Waals surface area contributed by atoms with E-state index in [-0.39, 0.29) is 16.9 Å². The predicted octanol–water partition coefficient (Wildman–Crippen LogP) is 3.72. The molecule has 0 bridgehead atoms. The van der Waals surface area contributed by atoms with Gasteiger partial charge >= 0.3 is 0 Å². The molecule has 0 heterocycles. The molecule has 0 aliphatic heterocycles. The molecule has 0 spiro atoms. The van der Waals surface area contributed by atoms with E-state index in [4.69, 9.17) is 5.26 Å². The Labute approximate surface area is 101 Å². The molecule has 0 atom stereocenters. The summed E-state index contributed by atoms with van der Waals surface area (Å²) in [6, 6.07) is 8.41. The third-order valence-corrected chi connectivity index (χ3v) is 2.32. The SMILES string of the molecule is N#Cc1c(F)cccc1Nc1cc(F)ccc1F. The Kier molecular flexibility index (Phi) is 3.20. The Hall–Kier alpha value is -2.48. The highest BCUT2D eigenvalue weighted by atomic mass is 19.1. The molecule has 2 aromatic carbocycles. The van der Waals surface area contributed by atoms with Gasteiger partial charge in [-0.25, -0.2) is 13.2 Å². The molecule has 0 saturated heterocycles. The van der Waals surface area contributed by atoms with Crippen molar-refractivity contribution < 1.29 is 13.2 Å². The van der Waals surface area contributed by atoms with Gasteiger partial charge in [0.2, 0.25) is 0 Å². The molecule has 90 valence electrons. The molecule has 2 aromatic rings. The number of nitriles is 1. The predicted molar refractivity (Wildman–Crippen MR) is 60.8 cm³/mol. The molecule has 0 aliphatic carbocycles. The Bertz CT molecular complexity index is 633. The van der Waals surface area contributed by atoms with Gasteiger partial charge in [-0.1, -0.05) is 6.07 Å². The first-order valence-electron chi connectivity index (χ1n) is 5.02. The summed E-state index contributed by atoms with van der Waals surface area (Å²) in [5.41, 5.74) is -0.319. The number of nitrogens with zero attached hydrogens (tertiary/aromatic N) is 1. The maximum absolute atomic E-state index is 13.4. The van der Waals surface area contributed by atoms with Crippen LogP contribution in [-0.4, -0.2) is 0 Å². The van der Waals surface area contributed by atoms with Crippen molar-refractivity contribution in [2.45, 2.75) is 0 Å². The third-order valence-electron chi connectivity index (χ3n) is 2.32. The van der Waals surface area contributed by atoms with E-state index >= 15 is 0 Å². The number of hydrogen-bond donors (Lipinski definition) is 1. The summed E-state index contributed by atoms with van der Waals surface area (Å²) in [5.74, 6) is -2.04. The van der Waals surface area contributed by atoms with E-state index in [2.05, 4.69) is 5.32 Å². The van der Waals surface area contributed by atoms with Crippen LogP contribution in [-0.2, 0) is 0 Å². The second-order valence-corrected chi connectivity index (χ2v) is 3.52. The maximum atomic E-state index is 13.4. The van der Waals surface area contributed by atoms with E-state index in [9.17, 15) is 13.2 Å². The fourth-order valence-corrected chi connectivity index (χ4v) is 1.48. The highest BCUT2D eigenvalue weighted by Crippen LogP contribution is 2.24. The zero-order valence-electron chi connectivity index (χ0n) is 9.05. The summed E-state index contributed by atoms with van der Waals surface area (Å²) in [6.07, 6.45) is 0. The van der Waals surface area contributed by atoms with Crippen LogP contribution >= 0.6 is 0 Å². The quantitative estimate of drug-likeness (QED) is 0.879. The van der Waals surface area contributed by atoms with Crippen molar-refractivity contribution in [3.05, 3.63) is 59.4 Å². The van der Waals surface area contributed by atoms with Crippen LogP contribution < -0.4 is 5.32 Å². The molecular formula is C13H7F3N2. The van der Waals surface area contributed by atoms with Crippen LogP contribution in [0.15, 0.2) is 36.4 Å². The minimum Gasteiger partial charge on any atom is -0.352 e. The molecule has 0 saturated carbocycles. The van der Waals surface area contributed by atoms with Crippen LogP contribution in [0.4, 0.5) is 24.5 Å². The van der Waals surface area contributed by atoms with Gasteiger partial charge < -0.3 is 5.32 Å². The number of halogens is 3. The monoisotopic (exact) mass is 248 g/mol. The van der Waals surface area contributed by atoms with Crippen LogP contribution in [0.1, 0.15) is 5.56 Å². The van der Waals surface area contributed by atoms with E-state index in [1.54, 1.807) is 6.07 Å². The fourth-order valence-electron chi connectivity index (χ4n) is 1.48. The van der Waals surface area contributed by atoms with Gasteiger partial charge in [0.05, 0.1) is 11.4 Å². The van der Waals surface area contributed by atoms with Gasteiger partial charge in [0.15, 0.2) is 0 Å². The van der Waals surface area contributed by atoms with Crippen LogP contribution in [0, 0.1) is 28.8 Å². The number of rotatable bonds is 2. The zero-order chi connectivity index (χ0) is 13.1. The Balaban J connectivity index is 2.44. The fraction of sp³-hybridized carbons (Fsp3) is 0. The van der Waals surface area contributed by atoms with Crippen molar-refractivity contribution in [3.63, 3.8) is 0 Å². The first-order valence-corrected chi connectivity index (χ1v) is 5.02. The second-order valence-electron chi connectivity index (χ2n) is 3.52. The number of anilines is 2. The summed E-state index contributed by atoms with van der Waals surface area (Å²) in [4.78, 5) is 0. The van der Waals surface area contributed by atoms with E-state index in [1.165, 1.54) is 12.1 Å². The Morgan fingerprint density at radius 1 is 0.944 bits per heavy atom. The lowest BCUT2D eigenvalue weighted by Gasteiger charge is -2.09. The van der Waals surface area contributed by atoms with E-state index in [1.807, 2.05) is 0 Å². The molecule has 5 heteroatoms. The van der Waals surface area contributed by atoms with Crippen LogP contribution in [0.5, 0.6) is 0 Å². The zero-order valence-corrected chi connectivity index (χ0v) is 9.05. The Morgan fingerprint density at radius 2 is 1.72 bits per heavy atom. The van der Waals surface area contributed by atoms with Gasteiger partial charge in [-0.15, -0.1) is 0 Å². The molecule has 0 aliphatic rings. The summed E-state index contributed by atoms with van der Waals surface area (Å²) in [7, 11) is 0. The van der Waals surface area contributed by atoms with Crippen molar-refractivity contribution in [2.75, 3.05) is 5.32 Å². The van der Waals surface area contributed by atoms with Crippen molar-refractivity contribution in [1.82, 2.24) is 0 Å². The molecule has 0 aromatic heterocycles. The number of hydrogen-bond acceptors (Lipinski definition) is 2. The minimum absolute atomic E-state index is 0.0852. The van der Waals surface area contributed by atoms with Gasteiger partial charge in [0.25, 0.3) is 0 Å². The molecule has 0 amide bonds. The first kappa shape index (κ1) is 12.0. The minimum atomic E-state index is -0.723. The molecular weight excluding hydrogens is 241 g/mol. The molecule has 2 nitrogen and oxygen atoms in total. The average Bonchev–Trinajstić information content (AvgIpc) is 2.34. The summed E-state index contributed by atoms with van der Waals surface area (Å²) in [5, 5.41) is 11.3. The lowest BCUT2D eigenvalue weighted by Crippen LogP contribution is -1.98. The molecule has 0 unspecified atom stereocenters. The summed E-state index contributed by atoms with van der Waals surface area (Å²) < 4.78 is 39.7. The largest absolute Gasteiger partial charge is 0.352 e. The van der Waals surface area contributed by atoms with Crippen LogP contribution in [0.2, 0.25) is 0 Å². The van der Waals surface area contributed by atoms with Gasteiger partial charge in [-0.3, -0.25) is 0 Å². The highest BCUT2D eigenvalue weighted by molar-refractivity contribution is 5.67. The second kappa shape index (κ2) is 4.80. The van der Waals surface area contributed by atoms with Gasteiger partial charge in [0, 0.05) is 6.07 Å². The first-order chi connectivity index (χ1) is 8.61. The smallest absolute Gasteiger partial charge is 0.146 e. The third kappa shape index (κ3) is 2.28. The highest BCUT2D eigenvalue weighted by Gasteiger charge is 2.10. The van der Waals surface area contributed by atoms with Crippen molar-refractivity contribution >= 4 is 11.4 Å². The average molecular weight is 248 g/mol.